The van der Waals surface area contributed by atoms with Gasteiger partial charge >= 0.3 is 5.97 Å². The first kappa shape index (κ1) is 24.9. The molecule has 3 N–H and O–H groups in total. The average Bonchev–Trinajstić information content (AvgIpc) is 3.03. The van der Waals surface area contributed by atoms with E-state index in [-0.39, 0.29) is 24.9 Å². The summed E-state index contributed by atoms with van der Waals surface area (Å²) in [5.41, 5.74) is 9.99. The van der Waals surface area contributed by atoms with Gasteiger partial charge in [0.1, 0.15) is 24.7 Å². The molecule has 0 aliphatic carbocycles. The van der Waals surface area contributed by atoms with Gasteiger partial charge in [-0.15, -0.1) is 11.8 Å². The van der Waals surface area contributed by atoms with Crippen LogP contribution < -0.4 is 15.2 Å². The molecule has 188 valence electrons. The third kappa shape index (κ3) is 5.50. The number of aromatic nitrogens is 1. The van der Waals surface area contributed by atoms with Crippen molar-refractivity contribution in [2.45, 2.75) is 24.9 Å². The van der Waals surface area contributed by atoms with Gasteiger partial charge in [0.15, 0.2) is 0 Å². The maximum absolute atomic E-state index is 12.1. The molecular weight excluding hydrogens is 512 g/mol. The van der Waals surface area contributed by atoms with Crippen molar-refractivity contribution < 1.29 is 24.2 Å². The first-order valence-electron chi connectivity index (χ1n) is 11.6. The Bertz CT molecular complexity index is 1510. The number of halogens is 1. The fourth-order valence-electron chi connectivity index (χ4n) is 4.33. The number of rotatable bonds is 8. The summed E-state index contributed by atoms with van der Waals surface area (Å²) < 4.78 is 12.2. The van der Waals surface area contributed by atoms with Gasteiger partial charge in [0.25, 0.3) is 0 Å². The van der Waals surface area contributed by atoms with Gasteiger partial charge in [-0.25, -0.2) is 4.98 Å². The van der Waals surface area contributed by atoms with Gasteiger partial charge in [0.05, 0.1) is 22.9 Å². The monoisotopic (exact) mass is 534 g/mol. The van der Waals surface area contributed by atoms with Gasteiger partial charge in [-0.3, -0.25) is 9.59 Å². The molecule has 0 bridgehead atoms. The van der Waals surface area contributed by atoms with Gasteiger partial charge in [0.2, 0.25) is 5.91 Å². The lowest BCUT2D eigenvalue weighted by Gasteiger charge is -2.20. The van der Waals surface area contributed by atoms with E-state index in [9.17, 15) is 14.7 Å². The molecule has 4 aromatic rings. The molecule has 5 rings (SSSR count). The quantitative estimate of drug-likeness (QED) is 0.296. The zero-order chi connectivity index (χ0) is 25.9. The maximum atomic E-state index is 12.1. The second-order valence-corrected chi connectivity index (χ2v) is 10.2. The highest BCUT2D eigenvalue weighted by molar-refractivity contribution is 7.99. The molecule has 0 saturated carbocycles. The summed E-state index contributed by atoms with van der Waals surface area (Å²) in [6.07, 6.45) is 0.00996. The Morgan fingerprint density at radius 1 is 1.11 bits per heavy atom. The topological polar surface area (TPSA) is 112 Å². The van der Waals surface area contributed by atoms with Crippen LogP contribution in [0.15, 0.2) is 66.7 Å². The van der Waals surface area contributed by atoms with Crippen molar-refractivity contribution in [2.75, 3.05) is 5.75 Å². The zero-order valence-corrected chi connectivity index (χ0v) is 21.2. The number of nitrogens with two attached hydrogens (primary N) is 1. The van der Waals surface area contributed by atoms with Crippen LogP contribution in [0.1, 0.15) is 44.4 Å². The van der Waals surface area contributed by atoms with Gasteiger partial charge in [-0.1, -0.05) is 35.9 Å². The summed E-state index contributed by atoms with van der Waals surface area (Å²) in [4.78, 5) is 27.9. The molecule has 0 spiro atoms. The molecule has 9 heteroatoms. The Hall–Kier alpha value is -3.75. The third-order valence-electron chi connectivity index (χ3n) is 6.09. The van der Waals surface area contributed by atoms with E-state index >= 15 is 0 Å². The number of hydrogen-bond acceptors (Lipinski definition) is 6. The molecule has 7 nitrogen and oxygen atoms in total. The van der Waals surface area contributed by atoms with Crippen molar-refractivity contribution in [1.82, 2.24) is 4.98 Å². The number of benzene rings is 3. The van der Waals surface area contributed by atoms with Gasteiger partial charge in [-0.2, -0.15) is 0 Å². The van der Waals surface area contributed by atoms with Crippen LogP contribution in [-0.2, 0) is 18.0 Å². The zero-order valence-electron chi connectivity index (χ0n) is 19.6. The Morgan fingerprint density at radius 3 is 2.76 bits per heavy atom. The minimum atomic E-state index is -0.870. The molecule has 0 saturated heterocycles. The van der Waals surface area contributed by atoms with E-state index in [4.69, 9.17) is 26.8 Å². The van der Waals surface area contributed by atoms with Crippen molar-refractivity contribution in [1.29, 1.82) is 0 Å². The summed E-state index contributed by atoms with van der Waals surface area (Å²) in [5, 5.41) is 10.5. The largest absolute Gasteiger partial charge is 0.489 e. The predicted molar refractivity (Wildman–Crippen MR) is 143 cm³/mol. The number of thioether (sulfide) groups is 1. The van der Waals surface area contributed by atoms with Gasteiger partial charge in [-0.05, 0) is 48.0 Å². The van der Waals surface area contributed by atoms with Crippen LogP contribution >= 0.6 is 23.4 Å². The van der Waals surface area contributed by atoms with Crippen LogP contribution in [0, 0.1) is 0 Å². The molecule has 0 radical (unpaired) electrons. The highest BCUT2D eigenvalue weighted by atomic mass is 35.5. The third-order valence-corrected chi connectivity index (χ3v) is 7.61. The van der Waals surface area contributed by atoms with E-state index in [0.717, 1.165) is 27.7 Å². The first-order chi connectivity index (χ1) is 17.9. The number of hydrogen-bond donors (Lipinski definition) is 2. The molecule has 1 unspecified atom stereocenters. The Labute approximate surface area is 222 Å². The SMILES string of the molecule is NC(=O)c1cccc2c1COc1ccc(OCc3ccc4ccc(Cl)cc4n3)cc1C2SCCC(=O)O. The fourth-order valence-corrected chi connectivity index (χ4v) is 5.78. The summed E-state index contributed by atoms with van der Waals surface area (Å²) in [7, 11) is 0. The minimum Gasteiger partial charge on any atom is -0.489 e. The van der Waals surface area contributed by atoms with E-state index < -0.39 is 11.9 Å². The lowest BCUT2D eigenvalue weighted by atomic mass is 9.96. The second-order valence-electron chi connectivity index (χ2n) is 8.55. The number of ether oxygens (including phenoxy) is 2. The number of primary amides is 1. The Kier molecular flexibility index (Phi) is 7.21. The average molecular weight is 535 g/mol. The lowest BCUT2D eigenvalue weighted by molar-refractivity contribution is -0.136. The highest BCUT2D eigenvalue weighted by Crippen LogP contribution is 2.46. The fraction of sp³-hybridized carbons (Fsp3) is 0.179. The summed E-state index contributed by atoms with van der Waals surface area (Å²) in [5.74, 6) is 0.242. The van der Waals surface area contributed by atoms with Crippen LogP contribution in [0.2, 0.25) is 5.02 Å². The molecule has 0 fully saturated rings. The smallest absolute Gasteiger partial charge is 0.304 e. The van der Waals surface area contributed by atoms with Crippen molar-refractivity contribution in [3.63, 3.8) is 0 Å². The summed E-state index contributed by atoms with van der Waals surface area (Å²) >= 11 is 7.59. The van der Waals surface area contributed by atoms with Crippen molar-refractivity contribution in [3.05, 3.63) is 99.7 Å². The van der Waals surface area contributed by atoms with Crippen LogP contribution in [0.25, 0.3) is 10.9 Å². The standard InChI is InChI=1S/C28H23ClN2O5S/c29-17-6-4-16-5-7-18(31-24(16)12-17)14-35-19-8-9-25-22(13-19)27(37-11-10-26(32)33)20-2-1-3-21(28(30)34)23(20)15-36-25/h1-9,12-13,27H,10-11,14-15H2,(H2,30,34)(H,32,33). The number of aliphatic carboxylic acids is 1. The molecule has 3 aromatic carbocycles. The molecular formula is C28H23ClN2O5S. The van der Waals surface area contributed by atoms with E-state index in [1.54, 1.807) is 12.1 Å². The van der Waals surface area contributed by atoms with Crippen molar-refractivity contribution in [2.24, 2.45) is 5.73 Å². The number of fused-ring (bicyclic) bond motifs is 3. The molecule has 1 amide bonds. The number of nitrogens with zero attached hydrogens (tertiary/aromatic N) is 1. The number of carbonyl (C=O) groups is 2. The number of carboxylic acid groups (broad SMARTS) is 1. The van der Waals surface area contributed by atoms with Crippen molar-refractivity contribution in [3.8, 4) is 11.5 Å². The predicted octanol–water partition coefficient (Wildman–Crippen LogP) is 5.76. The van der Waals surface area contributed by atoms with E-state index in [1.165, 1.54) is 11.8 Å². The highest BCUT2D eigenvalue weighted by Gasteiger charge is 2.28. The van der Waals surface area contributed by atoms with Gasteiger partial charge < -0.3 is 20.3 Å². The number of amides is 1. The number of pyridine rings is 1. The second kappa shape index (κ2) is 10.7. The number of carbonyl (C=O) groups excluding carboxylic acids is 1. The molecule has 1 atom stereocenters. The molecule has 1 aromatic heterocycles. The van der Waals surface area contributed by atoms with Gasteiger partial charge in [0, 0.05) is 32.9 Å². The van der Waals surface area contributed by atoms with Crippen LogP contribution in [0.4, 0.5) is 0 Å². The maximum Gasteiger partial charge on any atom is 0.304 e. The summed E-state index contributed by atoms with van der Waals surface area (Å²) in [6.45, 7) is 0.433. The van der Waals surface area contributed by atoms with Crippen LogP contribution in [-0.4, -0.2) is 27.7 Å². The lowest BCUT2D eigenvalue weighted by Crippen LogP contribution is -2.16. The number of carboxylic acids is 1. The Morgan fingerprint density at radius 2 is 1.95 bits per heavy atom. The summed E-state index contributed by atoms with van der Waals surface area (Å²) in [6, 6.07) is 20.4. The molecule has 37 heavy (non-hydrogen) atoms. The van der Waals surface area contributed by atoms with Crippen LogP contribution in [0.3, 0.4) is 0 Å². The molecule has 1 aliphatic rings. The van der Waals surface area contributed by atoms with E-state index in [2.05, 4.69) is 4.98 Å². The molecule has 2 heterocycles. The first-order valence-corrected chi connectivity index (χ1v) is 13.0. The minimum absolute atomic E-state index is 0.00996. The van der Waals surface area contributed by atoms with E-state index in [0.29, 0.717) is 33.4 Å². The normalized spacial score (nSPS) is 14.2. The molecule has 1 aliphatic heterocycles. The Balaban J connectivity index is 1.45. The van der Waals surface area contributed by atoms with Crippen LogP contribution in [0.5, 0.6) is 11.5 Å². The van der Waals surface area contributed by atoms with Crippen molar-refractivity contribution >= 4 is 46.1 Å². The van der Waals surface area contributed by atoms with E-state index in [1.807, 2.05) is 54.6 Å².